The average Bonchev–Trinajstić information content (AvgIpc) is 2.91. The van der Waals surface area contributed by atoms with Crippen molar-refractivity contribution in [3.63, 3.8) is 0 Å². The summed E-state index contributed by atoms with van der Waals surface area (Å²) in [5.41, 5.74) is -0.572. The zero-order chi connectivity index (χ0) is 32.1. The maximum atomic E-state index is 12.1. The summed E-state index contributed by atoms with van der Waals surface area (Å²) in [7, 11) is 2.57. The number of ether oxygens (including phenoxy) is 4. The molecular formula is C26H31N3O14. The Morgan fingerprint density at radius 1 is 0.791 bits per heavy atom. The Morgan fingerprint density at radius 2 is 1.28 bits per heavy atom. The van der Waals surface area contributed by atoms with Crippen molar-refractivity contribution in [3.05, 3.63) is 52.1 Å². The van der Waals surface area contributed by atoms with Gasteiger partial charge in [0, 0.05) is 13.1 Å². The van der Waals surface area contributed by atoms with Gasteiger partial charge in [-0.1, -0.05) is 12.1 Å². The van der Waals surface area contributed by atoms with E-state index < -0.39 is 73.3 Å². The second-order valence-corrected chi connectivity index (χ2v) is 8.88. The first-order valence-corrected chi connectivity index (χ1v) is 12.4. The number of nitrogens with zero attached hydrogens (tertiary/aromatic N) is 3. The highest BCUT2D eigenvalue weighted by atomic mass is 16.6. The van der Waals surface area contributed by atoms with Crippen molar-refractivity contribution in [1.29, 1.82) is 0 Å². The fourth-order valence-corrected chi connectivity index (χ4v) is 4.00. The molecular weight excluding hydrogens is 578 g/mol. The number of nitro benzene ring substituents is 1. The Hall–Kier alpha value is -5.16. The van der Waals surface area contributed by atoms with Crippen LogP contribution in [-0.4, -0.2) is 119 Å². The van der Waals surface area contributed by atoms with E-state index in [0.29, 0.717) is 0 Å². The molecule has 2 aromatic rings. The van der Waals surface area contributed by atoms with Crippen LogP contribution >= 0.6 is 0 Å². The Balaban J connectivity index is 2.51. The van der Waals surface area contributed by atoms with Crippen LogP contribution in [0.15, 0.2) is 36.4 Å². The molecule has 0 aliphatic rings. The zero-order valence-corrected chi connectivity index (χ0v) is 23.2. The van der Waals surface area contributed by atoms with Gasteiger partial charge in [-0.25, -0.2) is 0 Å². The number of methoxy groups -OCH3 is 2. The van der Waals surface area contributed by atoms with E-state index in [1.807, 2.05) is 0 Å². The number of carbonyl (C=O) groups is 4. The quantitative estimate of drug-likeness (QED) is 0.121. The molecule has 43 heavy (non-hydrogen) atoms. The summed E-state index contributed by atoms with van der Waals surface area (Å²) in [6.45, 7) is -3.27. The molecule has 0 amide bonds. The van der Waals surface area contributed by atoms with Crippen molar-refractivity contribution in [2.75, 3.05) is 60.1 Å². The minimum absolute atomic E-state index is 0.0187. The first-order chi connectivity index (χ1) is 20.3. The van der Waals surface area contributed by atoms with Gasteiger partial charge in [0.2, 0.25) is 0 Å². The average molecular weight is 610 g/mol. The number of rotatable bonds is 20. The minimum atomic E-state index is -1.35. The maximum Gasteiger partial charge on any atom is 0.317 e. The highest BCUT2D eigenvalue weighted by Crippen LogP contribution is 2.40. The Morgan fingerprint density at radius 3 is 1.77 bits per heavy atom. The monoisotopic (exact) mass is 609 g/mol. The van der Waals surface area contributed by atoms with E-state index in [4.69, 9.17) is 29.2 Å². The molecule has 0 aliphatic carbocycles. The summed E-state index contributed by atoms with van der Waals surface area (Å²) in [6, 6.07) is 8.39. The predicted molar refractivity (Wildman–Crippen MR) is 145 cm³/mol. The van der Waals surface area contributed by atoms with Gasteiger partial charge >= 0.3 is 23.9 Å². The summed E-state index contributed by atoms with van der Waals surface area (Å²) in [5, 5.41) is 48.8. The molecule has 234 valence electrons. The van der Waals surface area contributed by atoms with E-state index in [1.54, 1.807) is 12.1 Å². The molecule has 0 fully saturated rings. The topological polar surface area (TPSA) is 236 Å². The van der Waals surface area contributed by atoms with Crippen LogP contribution in [0.1, 0.15) is 11.7 Å². The predicted octanol–water partition coefficient (Wildman–Crippen LogP) is 1.05. The van der Waals surface area contributed by atoms with Crippen LogP contribution < -0.4 is 18.9 Å². The molecule has 17 heteroatoms. The van der Waals surface area contributed by atoms with Crippen LogP contribution in [0.3, 0.4) is 0 Å². The molecule has 17 nitrogen and oxygen atoms in total. The van der Waals surface area contributed by atoms with Gasteiger partial charge in [-0.15, -0.1) is 0 Å². The minimum Gasteiger partial charge on any atom is -0.493 e. The highest BCUT2D eigenvalue weighted by Gasteiger charge is 2.31. The molecule has 2 aromatic carbocycles. The molecule has 1 unspecified atom stereocenters. The van der Waals surface area contributed by atoms with E-state index in [9.17, 15) is 39.5 Å². The number of hydrogen-bond acceptors (Lipinski definition) is 12. The molecule has 0 spiro atoms. The fraction of sp³-hybridized carbons (Fsp3) is 0.385. The lowest BCUT2D eigenvalue weighted by atomic mass is 10.0. The summed E-state index contributed by atoms with van der Waals surface area (Å²) in [6.07, 6.45) is -1.35. The van der Waals surface area contributed by atoms with E-state index in [-0.39, 0.29) is 41.7 Å². The van der Waals surface area contributed by atoms with Crippen LogP contribution in [0, 0.1) is 10.1 Å². The molecule has 1 atom stereocenters. The largest absolute Gasteiger partial charge is 0.493 e. The highest BCUT2D eigenvalue weighted by molar-refractivity contribution is 5.73. The summed E-state index contributed by atoms with van der Waals surface area (Å²) < 4.78 is 22.3. The number of hydrogen-bond donors (Lipinski definition) is 4. The molecule has 0 aromatic heterocycles. The van der Waals surface area contributed by atoms with Crippen LogP contribution in [0.25, 0.3) is 0 Å². The Labute approximate surface area is 244 Å². The van der Waals surface area contributed by atoms with Crippen LogP contribution in [0.4, 0.5) is 5.69 Å². The molecule has 0 heterocycles. The van der Waals surface area contributed by atoms with E-state index >= 15 is 0 Å². The second-order valence-electron chi connectivity index (χ2n) is 8.88. The van der Waals surface area contributed by atoms with Gasteiger partial charge in [0.15, 0.2) is 23.0 Å². The lowest BCUT2D eigenvalue weighted by Gasteiger charge is -2.27. The third-order valence-corrected chi connectivity index (χ3v) is 5.72. The lowest BCUT2D eigenvalue weighted by Crippen LogP contribution is -2.38. The molecule has 0 radical (unpaired) electrons. The lowest BCUT2D eigenvalue weighted by molar-refractivity contribution is -0.386. The summed E-state index contributed by atoms with van der Waals surface area (Å²) >= 11 is 0. The Bertz CT molecular complexity index is 1290. The second kappa shape index (κ2) is 16.3. The van der Waals surface area contributed by atoms with Crippen molar-refractivity contribution in [2.24, 2.45) is 0 Å². The fourth-order valence-electron chi connectivity index (χ4n) is 4.00. The van der Waals surface area contributed by atoms with Gasteiger partial charge in [-0.05, 0) is 18.2 Å². The van der Waals surface area contributed by atoms with E-state index in [2.05, 4.69) is 0 Å². The summed E-state index contributed by atoms with van der Waals surface area (Å²) in [5.74, 6) is -4.96. The normalized spacial score (nSPS) is 11.5. The van der Waals surface area contributed by atoms with Crippen LogP contribution in [-0.2, 0) is 19.2 Å². The van der Waals surface area contributed by atoms with Crippen LogP contribution in [0.5, 0.6) is 23.0 Å². The standard InChI is InChI=1S/C26H31N3O14/c1-40-20-9-16(17(29(38)39)10-21(20)41-2)22(11-28(14-25(34)35)15-26(36)37)43-19-6-4-3-5-18(19)42-8-7-27(12-23(30)31)13-24(32)33/h3-6,9-10,22H,7-8,11-15H2,1-2H3,(H,30,31)(H,32,33)(H,34,35)(H,36,37). The number of para-hydroxylation sites is 2. The first kappa shape index (κ1) is 34.0. The molecule has 0 saturated carbocycles. The number of nitro groups is 1. The number of carboxylic acids is 4. The van der Waals surface area contributed by atoms with Crippen molar-refractivity contribution in [1.82, 2.24) is 9.80 Å². The molecule has 4 N–H and O–H groups in total. The van der Waals surface area contributed by atoms with Crippen LogP contribution in [0.2, 0.25) is 0 Å². The maximum absolute atomic E-state index is 12.1. The van der Waals surface area contributed by atoms with Gasteiger partial charge in [0.1, 0.15) is 12.7 Å². The van der Waals surface area contributed by atoms with Crippen molar-refractivity contribution in [2.45, 2.75) is 6.10 Å². The zero-order valence-electron chi connectivity index (χ0n) is 23.2. The summed E-state index contributed by atoms with van der Waals surface area (Å²) in [4.78, 5) is 58.6. The molecule has 0 saturated heterocycles. The van der Waals surface area contributed by atoms with Gasteiger partial charge in [-0.2, -0.15) is 0 Å². The van der Waals surface area contributed by atoms with Gasteiger partial charge in [0.25, 0.3) is 5.69 Å². The number of benzene rings is 2. The third kappa shape index (κ3) is 11.0. The number of carboxylic acid groups (broad SMARTS) is 4. The van der Waals surface area contributed by atoms with Gasteiger partial charge in [-0.3, -0.25) is 39.1 Å². The first-order valence-electron chi connectivity index (χ1n) is 12.4. The van der Waals surface area contributed by atoms with Crippen molar-refractivity contribution in [3.8, 4) is 23.0 Å². The van der Waals surface area contributed by atoms with Gasteiger partial charge < -0.3 is 39.4 Å². The van der Waals surface area contributed by atoms with E-state index in [1.165, 1.54) is 32.4 Å². The van der Waals surface area contributed by atoms with Gasteiger partial charge in [0.05, 0.1) is 57.0 Å². The molecule has 0 aliphatic heterocycles. The number of aliphatic carboxylic acids is 4. The smallest absolute Gasteiger partial charge is 0.317 e. The SMILES string of the molecule is COc1cc(C(CN(CC(=O)O)CC(=O)O)Oc2ccccc2OCCN(CC(=O)O)CC(=O)O)c([N+](=O)[O-])cc1OC. The van der Waals surface area contributed by atoms with E-state index in [0.717, 1.165) is 15.9 Å². The third-order valence-electron chi connectivity index (χ3n) is 5.72. The van der Waals surface area contributed by atoms with Crippen molar-refractivity contribution < 1.29 is 63.5 Å². The molecule has 0 bridgehead atoms. The molecule has 2 rings (SSSR count). The Kier molecular flexibility index (Phi) is 12.9. The van der Waals surface area contributed by atoms with Crippen molar-refractivity contribution >= 4 is 29.6 Å².